The molecule has 2 N–H and O–H groups in total. The number of hydrogen-bond donors (Lipinski definition) is 2. The first kappa shape index (κ1) is 27.5. The summed E-state index contributed by atoms with van der Waals surface area (Å²) in [4.78, 5) is 19.8. The van der Waals surface area contributed by atoms with Crippen LogP contribution >= 0.6 is 0 Å². The number of pyridine rings is 1. The van der Waals surface area contributed by atoms with Gasteiger partial charge in [-0.15, -0.1) is 5.11 Å². The lowest BCUT2D eigenvalue weighted by atomic mass is 9.86. The molecule has 1 atom stereocenters. The number of nitrogens with one attached hydrogen (secondary N) is 2. The first-order valence-electron chi connectivity index (χ1n) is 13.6. The van der Waals surface area contributed by atoms with Crippen LogP contribution in [0.3, 0.4) is 0 Å². The number of rotatable bonds is 6. The van der Waals surface area contributed by atoms with Gasteiger partial charge < -0.3 is 14.8 Å². The minimum Gasteiger partial charge on any atom is -0.492 e. The lowest BCUT2D eigenvalue weighted by Crippen LogP contribution is -2.35. The van der Waals surface area contributed by atoms with Crippen molar-refractivity contribution in [2.45, 2.75) is 40.3 Å². The Bertz CT molecular complexity index is 1450. The van der Waals surface area contributed by atoms with E-state index in [2.05, 4.69) is 58.9 Å². The molecular weight excluding hydrogens is 504 g/mol. The zero-order valence-corrected chi connectivity index (χ0v) is 23.5. The van der Waals surface area contributed by atoms with E-state index >= 15 is 0 Å². The number of aromatic nitrogens is 1. The standard InChI is InChI=1S/C31H36N6O3/c1-21-29(17-23(20-40-21)31(2,3)4)34-36-35-30(38)33-28-12-11-25(26-7-5-6-8-27(26)28)22-9-10-24(32-18-22)19-37-13-15-39-16-14-37/h5-12,17-18,20-21H,13-16,19H2,1-4H3,(H2,33,34,35,38). The molecule has 1 unspecified atom stereocenters. The molecule has 9 nitrogen and oxygen atoms in total. The monoisotopic (exact) mass is 540 g/mol. The maximum Gasteiger partial charge on any atom is 0.341 e. The predicted octanol–water partition coefficient (Wildman–Crippen LogP) is 6.46. The second-order valence-corrected chi connectivity index (χ2v) is 11.1. The molecule has 2 amide bonds. The fraction of sp³-hybridized carbons (Fsp3) is 0.355. The first-order chi connectivity index (χ1) is 19.3. The van der Waals surface area contributed by atoms with Gasteiger partial charge in [0, 0.05) is 36.8 Å². The maximum atomic E-state index is 12.7. The molecule has 208 valence electrons. The Morgan fingerprint density at radius 3 is 2.58 bits per heavy atom. The van der Waals surface area contributed by atoms with Crippen LogP contribution < -0.4 is 10.7 Å². The molecule has 40 heavy (non-hydrogen) atoms. The average molecular weight is 541 g/mol. The SMILES string of the molecule is CC1OC=C(C(C)(C)C)C=C1N=NNC(=O)Nc1ccc(-c2ccc(CN3CCOCC3)nc2)c2ccccc12. The summed E-state index contributed by atoms with van der Waals surface area (Å²) in [6, 6.07) is 15.6. The van der Waals surface area contributed by atoms with Crippen LogP contribution in [0.4, 0.5) is 10.5 Å². The number of nitrogens with zero attached hydrogens (tertiary/aromatic N) is 4. The lowest BCUT2D eigenvalue weighted by Gasteiger charge is -2.26. The molecule has 3 aromatic rings. The number of morpholine rings is 1. The Morgan fingerprint density at radius 1 is 1.07 bits per heavy atom. The third kappa shape index (κ3) is 6.55. The van der Waals surface area contributed by atoms with E-state index in [9.17, 15) is 4.79 Å². The third-order valence-electron chi connectivity index (χ3n) is 7.10. The van der Waals surface area contributed by atoms with E-state index < -0.39 is 6.03 Å². The Labute approximate surface area is 235 Å². The van der Waals surface area contributed by atoms with Crippen molar-refractivity contribution in [3.63, 3.8) is 0 Å². The molecule has 0 radical (unpaired) electrons. The summed E-state index contributed by atoms with van der Waals surface area (Å²) in [7, 11) is 0. The minimum absolute atomic E-state index is 0.0834. The third-order valence-corrected chi connectivity index (χ3v) is 7.10. The Balaban J connectivity index is 1.28. The zero-order valence-electron chi connectivity index (χ0n) is 23.5. The lowest BCUT2D eigenvalue weighted by molar-refractivity contribution is 0.0336. The number of anilines is 1. The van der Waals surface area contributed by atoms with Crippen LogP contribution in [0.1, 0.15) is 33.4 Å². The second kappa shape index (κ2) is 12.0. The molecule has 3 heterocycles. The van der Waals surface area contributed by atoms with E-state index in [4.69, 9.17) is 14.5 Å². The first-order valence-corrected chi connectivity index (χ1v) is 13.6. The molecule has 0 aliphatic carbocycles. The highest BCUT2D eigenvalue weighted by Gasteiger charge is 2.23. The number of urea groups is 1. The van der Waals surface area contributed by atoms with E-state index in [1.54, 1.807) is 6.26 Å². The van der Waals surface area contributed by atoms with Crippen LogP contribution in [0.5, 0.6) is 0 Å². The number of allylic oxidation sites excluding steroid dienone is 2. The highest BCUT2D eigenvalue weighted by Crippen LogP contribution is 2.34. The number of amides is 2. The van der Waals surface area contributed by atoms with Gasteiger partial charge in [0.15, 0.2) is 0 Å². The molecule has 2 aromatic carbocycles. The van der Waals surface area contributed by atoms with Crippen molar-refractivity contribution in [2.24, 2.45) is 15.8 Å². The smallest absolute Gasteiger partial charge is 0.341 e. The molecule has 0 saturated carbocycles. The van der Waals surface area contributed by atoms with Crippen LogP contribution in [0.15, 0.2) is 88.7 Å². The van der Waals surface area contributed by atoms with Crippen LogP contribution in [-0.2, 0) is 16.0 Å². The van der Waals surface area contributed by atoms with Crippen LogP contribution in [-0.4, -0.2) is 48.3 Å². The Morgan fingerprint density at radius 2 is 1.85 bits per heavy atom. The van der Waals surface area contributed by atoms with Gasteiger partial charge in [-0.2, -0.15) is 0 Å². The largest absolute Gasteiger partial charge is 0.492 e. The highest BCUT2D eigenvalue weighted by molar-refractivity contribution is 6.07. The quantitative estimate of drug-likeness (QED) is 0.276. The zero-order chi connectivity index (χ0) is 28.1. The van der Waals surface area contributed by atoms with Crippen molar-refractivity contribution in [1.29, 1.82) is 0 Å². The summed E-state index contributed by atoms with van der Waals surface area (Å²) in [6.07, 6.45) is 5.38. The number of fused-ring (bicyclic) bond motifs is 1. The van der Waals surface area contributed by atoms with Gasteiger partial charge in [0.25, 0.3) is 0 Å². The van der Waals surface area contributed by atoms with Crippen molar-refractivity contribution in [3.05, 3.63) is 84.0 Å². The number of hydrogen-bond acceptors (Lipinski definition) is 7. The van der Waals surface area contributed by atoms with E-state index in [1.807, 2.05) is 55.6 Å². The van der Waals surface area contributed by atoms with E-state index in [0.29, 0.717) is 11.4 Å². The summed E-state index contributed by atoms with van der Waals surface area (Å²) in [6.45, 7) is 12.4. The normalized spacial score (nSPS) is 18.2. The van der Waals surface area contributed by atoms with Gasteiger partial charge in [0.05, 0.1) is 30.9 Å². The van der Waals surface area contributed by atoms with E-state index in [-0.39, 0.29) is 11.5 Å². The maximum absolute atomic E-state index is 12.7. The van der Waals surface area contributed by atoms with E-state index in [0.717, 1.165) is 66.0 Å². The summed E-state index contributed by atoms with van der Waals surface area (Å²) < 4.78 is 11.1. The topological polar surface area (TPSA) is 100 Å². The summed E-state index contributed by atoms with van der Waals surface area (Å²) in [5.41, 5.74) is 7.83. The molecule has 2 aliphatic heterocycles. The molecule has 5 rings (SSSR count). The molecule has 9 heteroatoms. The number of ether oxygens (including phenoxy) is 2. The van der Waals surface area contributed by atoms with Gasteiger partial charge in [-0.25, -0.2) is 10.2 Å². The highest BCUT2D eigenvalue weighted by atomic mass is 16.5. The average Bonchev–Trinajstić information content (AvgIpc) is 2.95. The molecule has 1 aromatic heterocycles. The molecule has 1 saturated heterocycles. The number of benzene rings is 2. The molecule has 0 bridgehead atoms. The summed E-state index contributed by atoms with van der Waals surface area (Å²) in [5.74, 6) is 0. The van der Waals surface area contributed by atoms with Crippen molar-refractivity contribution < 1.29 is 14.3 Å². The van der Waals surface area contributed by atoms with Gasteiger partial charge in [-0.3, -0.25) is 9.88 Å². The number of carbonyl (C=O) groups excluding carboxylic acids is 1. The minimum atomic E-state index is -0.479. The molecule has 0 spiro atoms. The van der Waals surface area contributed by atoms with Gasteiger partial charge >= 0.3 is 6.03 Å². The van der Waals surface area contributed by atoms with Crippen LogP contribution in [0.25, 0.3) is 21.9 Å². The summed E-state index contributed by atoms with van der Waals surface area (Å²) >= 11 is 0. The number of carbonyl (C=O) groups is 1. The van der Waals surface area contributed by atoms with Crippen LogP contribution in [0.2, 0.25) is 0 Å². The predicted molar refractivity (Wildman–Crippen MR) is 156 cm³/mol. The Hall–Kier alpha value is -4.08. The van der Waals surface area contributed by atoms with Gasteiger partial charge in [-0.1, -0.05) is 62.4 Å². The van der Waals surface area contributed by atoms with Crippen molar-refractivity contribution in [1.82, 2.24) is 15.3 Å². The van der Waals surface area contributed by atoms with Gasteiger partial charge in [0.2, 0.25) is 0 Å². The molecule has 1 fully saturated rings. The molecule has 2 aliphatic rings. The Kier molecular flexibility index (Phi) is 8.23. The van der Waals surface area contributed by atoms with Gasteiger partial charge in [0.1, 0.15) is 11.8 Å². The fourth-order valence-corrected chi connectivity index (χ4v) is 4.66. The van der Waals surface area contributed by atoms with Crippen molar-refractivity contribution in [3.8, 4) is 11.1 Å². The second-order valence-electron chi connectivity index (χ2n) is 11.1. The van der Waals surface area contributed by atoms with Crippen molar-refractivity contribution >= 4 is 22.5 Å². The molecular formula is C31H36N6O3. The van der Waals surface area contributed by atoms with Gasteiger partial charge in [-0.05, 0) is 47.1 Å². The fourth-order valence-electron chi connectivity index (χ4n) is 4.66. The van der Waals surface area contributed by atoms with Crippen molar-refractivity contribution in [2.75, 3.05) is 31.6 Å². The summed E-state index contributed by atoms with van der Waals surface area (Å²) in [5, 5.41) is 13.0. The van der Waals surface area contributed by atoms with E-state index in [1.165, 1.54) is 0 Å². The van der Waals surface area contributed by atoms with Crippen LogP contribution in [0, 0.1) is 5.41 Å².